The highest BCUT2D eigenvalue weighted by Gasteiger charge is 2.18. The first-order valence-corrected chi connectivity index (χ1v) is 8.04. The van der Waals surface area contributed by atoms with Gasteiger partial charge in [0.2, 0.25) is 0 Å². The normalized spacial score (nSPS) is 10.8. The van der Waals surface area contributed by atoms with Gasteiger partial charge in [0.15, 0.2) is 11.6 Å². The average molecular weight is 347 g/mol. The molecule has 0 radical (unpaired) electrons. The maximum absolute atomic E-state index is 13.7. The van der Waals surface area contributed by atoms with Crippen molar-refractivity contribution in [1.82, 2.24) is 0 Å². The summed E-state index contributed by atoms with van der Waals surface area (Å²) in [5.41, 5.74) is -0.412. The highest BCUT2D eigenvalue weighted by atomic mass is 79.9. The highest BCUT2D eigenvalue weighted by Crippen LogP contribution is 2.23. The fraction of sp³-hybridized carbons (Fsp3) is 0.562. The number of rotatable bonds is 9. The Morgan fingerprint density at radius 2 is 1.65 bits per heavy atom. The lowest BCUT2D eigenvalue weighted by Gasteiger charge is -2.06. The van der Waals surface area contributed by atoms with E-state index in [2.05, 4.69) is 22.9 Å². The van der Waals surface area contributed by atoms with E-state index in [4.69, 9.17) is 0 Å². The molecule has 0 aromatic heterocycles. The first kappa shape index (κ1) is 17.3. The van der Waals surface area contributed by atoms with Gasteiger partial charge in [0.1, 0.15) is 5.82 Å². The van der Waals surface area contributed by atoms with Gasteiger partial charge in [-0.2, -0.15) is 0 Å². The molecule has 20 heavy (non-hydrogen) atoms. The molecular weight excluding hydrogens is 326 g/mol. The summed E-state index contributed by atoms with van der Waals surface area (Å²) in [6.45, 7) is 2.17. The van der Waals surface area contributed by atoms with E-state index in [-0.39, 0.29) is 10.9 Å². The van der Waals surface area contributed by atoms with E-state index in [9.17, 15) is 13.6 Å². The fourth-order valence-electron chi connectivity index (χ4n) is 2.15. The summed E-state index contributed by atoms with van der Waals surface area (Å²) in [5, 5.41) is 0. The van der Waals surface area contributed by atoms with Crippen LogP contribution in [0.4, 0.5) is 8.78 Å². The Balaban J connectivity index is 2.38. The molecule has 1 aromatic rings. The van der Waals surface area contributed by atoms with Crippen LogP contribution in [0.1, 0.15) is 68.6 Å². The van der Waals surface area contributed by atoms with Gasteiger partial charge in [-0.15, -0.1) is 0 Å². The van der Waals surface area contributed by atoms with E-state index in [1.165, 1.54) is 31.7 Å². The number of carbonyl (C=O) groups is 1. The molecule has 0 spiro atoms. The Labute approximate surface area is 127 Å². The summed E-state index contributed by atoms with van der Waals surface area (Å²) in [6, 6.07) is 2.39. The van der Waals surface area contributed by atoms with Gasteiger partial charge in [0.05, 0.1) is 10.0 Å². The number of hydrogen-bond acceptors (Lipinski definition) is 1. The topological polar surface area (TPSA) is 17.1 Å². The SMILES string of the molecule is CCCCCCCCCC(=O)c1c(F)ccc(Br)c1F. The third kappa shape index (κ3) is 5.31. The zero-order valence-corrected chi connectivity index (χ0v) is 13.4. The van der Waals surface area contributed by atoms with Crippen molar-refractivity contribution in [3.05, 3.63) is 33.8 Å². The van der Waals surface area contributed by atoms with E-state index < -0.39 is 23.0 Å². The molecule has 0 saturated heterocycles. The first-order chi connectivity index (χ1) is 9.57. The van der Waals surface area contributed by atoms with Gasteiger partial charge in [0.25, 0.3) is 0 Å². The third-order valence-corrected chi connectivity index (χ3v) is 3.94. The molecule has 0 atom stereocenters. The van der Waals surface area contributed by atoms with Crippen molar-refractivity contribution in [2.75, 3.05) is 0 Å². The lowest BCUT2D eigenvalue weighted by molar-refractivity contribution is 0.0970. The average Bonchev–Trinajstić information content (AvgIpc) is 2.42. The van der Waals surface area contributed by atoms with Crippen LogP contribution < -0.4 is 0 Å². The van der Waals surface area contributed by atoms with Crippen molar-refractivity contribution in [1.29, 1.82) is 0 Å². The molecule has 0 unspecified atom stereocenters. The molecule has 0 fully saturated rings. The van der Waals surface area contributed by atoms with Gasteiger partial charge in [-0.3, -0.25) is 4.79 Å². The predicted molar refractivity (Wildman–Crippen MR) is 81.0 cm³/mol. The van der Waals surface area contributed by atoms with E-state index in [1.54, 1.807) is 0 Å². The van der Waals surface area contributed by atoms with Crippen LogP contribution in [-0.2, 0) is 0 Å². The van der Waals surface area contributed by atoms with E-state index in [0.717, 1.165) is 18.9 Å². The van der Waals surface area contributed by atoms with Crippen LogP contribution in [0.5, 0.6) is 0 Å². The standard InChI is InChI=1S/C16H21BrF2O/c1-2-3-4-5-6-7-8-9-14(20)15-13(18)11-10-12(17)16(15)19/h10-11H,2-9H2,1H3. The molecule has 0 N–H and O–H groups in total. The van der Waals surface area contributed by atoms with Crippen LogP contribution in [0.25, 0.3) is 0 Å². The zero-order valence-electron chi connectivity index (χ0n) is 11.9. The van der Waals surface area contributed by atoms with E-state index >= 15 is 0 Å². The predicted octanol–water partition coefficient (Wildman–Crippen LogP) is 6.05. The minimum Gasteiger partial charge on any atom is -0.294 e. The molecule has 112 valence electrons. The van der Waals surface area contributed by atoms with Crippen LogP contribution in [0.2, 0.25) is 0 Å². The summed E-state index contributed by atoms with van der Waals surface area (Å²) < 4.78 is 27.4. The second-order valence-electron chi connectivity index (χ2n) is 5.01. The quantitative estimate of drug-likeness (QED) is 0.302. The number of benzene rings is 1. The number of carbonyl (C=O) groups excluding carboxylic acids is 1. The van der Waals surface area contributed by atoms with Crippen molar-refractivity contribution >= 4 is 21.7 Å². The van der Waals surface area contributed by atoms with E-state index in [1.807, 2.05) is 0 Å². The maximum Gasteiger partial charge on any atom is 0.168 e. The van der Waals surface area contributed by atoms with Crippen molar-refractivity contribution in [2.45, 2.75) is 58.3 Å². The molecule has 0 aliphatic heterocycles. The van der Waals surface area contributed by atoms with E-state index in [0.29, 0.717) is 6.42 Å². The first-order valence-electron chi connectivity index (χ1n) is 7.24. The Hall–Kier alpha value is -0.770. The van der Waals surface area contributed by atoms with Crippen molar-refractivity contribution < 1.29 is 13.6 Å². The molecule has 0 aliphatic rings. The van der Waals surface area contributed by atoms with Crippen molar-refractivity contribution in [2.24, 2.45) is 0 Å². The van der Waals surface area contributed by atoms with Gasteiger partial charge in [-0.1, -0.05) is 45.4 Å². The molecule has 0 saturated carbocycles. The second kappa shape index (κ2) is 9.22. The number of ketones is 1. The molecule has 0 bridgehead atoms. The molecule has 4 heteroatoms. The van der Waals surface area contributed by atoms with Gasteiger partial charge in [0, 0.05) is 6.42 Å². The van der Waals surface area contributed by atoms with Gasteiger partial charge >= 0.3 is 0 Å². The zero-order chi connectivity index (χ0) is 15.0. The maximum atomic E-state index is 13.7. The number of halogens is 3. The minimum absolute atomic E-state index is 0.127. The number of Topliss-reactive ketones (excluding diaryl/α,β-unsaturated/α-hetero) is 1. The lowest BCUT2D eigenvalue weighted by atomic mass is 10.0. The molecule has 0 aliphatic carbocycles. The smallest absolute Gasteiger partial charge is 0.168 e. The van der Waals surface area contributed by atoms with Gasteiger partial charge in [-0.25, -0.2) is 8.78 Å². The third-order valence-electron chi connectivity index (χ3n) is 3.33. The van der Waals surface area contributed by atoms with Gasteiger partial charge < -0.3 is 0 Å². The summed E-state index contributed by atoms with van der Waals surface area (Å²) in [7, 11) is 0. The molecule has 1 aromatic carbocycles. The molecular formula is C16H21BrF2O. The van der Waals surface area contributed by atoms with Crippen LogP contribution in [-0.4, -0.2) is 5.78 Å². The second-order valence-corrected chi connectivity index (χ2v) is 5.87. The number of hydrogen-bond donors (Lipinski definition) is 0. The summed E-state index contributed by atoms with van der Waals surface area (Å²) >= 11 is 2.97. The Kier molecular flexibility index (Phi) is 7.97. The fourth-order valence-corrected chi connectivity index (χ4v) is 2.48. The van der Waals surface area contributed by atoms with Crippen LogP contribution >= 0.6 is 15.9 Å². The summed E-state index contributed by atoms with van der Waals surface area (Å²) in [4.78, 5) is 11.9. The highest BCUT2D eigenvalue weighted by molar-refractivity contribution is 9.10. The summed E-state index contributed by atoms with van der Waals surface area (Å²) in [6.07, 6.45) is 7.76. The van der Waals surface area contributed by atoms with Crippen LogP contribution in [0.15, 0.2) is 16.6 Å². The molecule has 1 rings (SSSR count). The largest absolute Gasteiger partial charge is 0.294 e. The number of unbranched alkanes of at least 4 members (excludes halogenated alkanes) is 6. The van der Waals surface area contributed by atoms with Gasteiger partial charge in [-0.05, 0) is 34.5 Å². The molecule has 0 heterocycles. The van der Waals surface area contributed by atoms with Crippen LogP contribution in [0.3, 0.4) is 0 Å². The Bertz CT molecular complexity index is 446. The van der Waals surface area contributed by atoms with Crippen molar-refractivity contribution in [3.63, 3.8) is 0 Å². The Morgan fingerprint density at radius 1 is 1.05 bits per heavy atom. The van der Waals surface area contributed by atoms with Crippen LogP contribution in [0, 0.1) is 11.6 Å². The molecule has 0 amide bonds. The Morgan fingerprint density at radius 3 is 2.30 bits per heavy atom. The monoisotopic (exact) mass is 346 g/mol. The van der Waals surface area contributed by atoms with Crippen molar-refractivity contribution in [3.8, 4) is 0 Å². The molecule has 1 nitrogen and oxygen atoms in total. The minimum atomic E-state index is -0.794. The lowest BCUT2D eigenvalue weighted by Crippen LogP contribution is -2.06. The summed E-state index contributed by atoms with van der Waals surface area (Å²) in [5.74, 6) is -2.02.